The minimum absolute atomic E-state index is 0.0214. The lowest BCUT2D eigenvalue weighted by Gasteiger charge is -2.12. The van der Waals surface area contributed by atoms with Gasteiger partial charge in [-0.05, 0) is 44.0 Å². The first kappa shape index (κ1) is 15.0. The summed E-state index contributed by atoms with van der Waals surface area (Å²) in [6.07, 6.45) is 2.93. The van der Waals surface area contributed by atoms with Gasteiger partial charge in [0, 0.05) is 18.1 Å². The third kappa shape index (κ3) is 2.73. The number of nitrogens with one attached hydrogen (secondary N) is 1. The van der Waals surface area contributed by atoms with E-state index in [-0.39, 0.29) is 11.1 Å². The van der Waals surface area contributed by atoms with Gasteiger partial charge in [-0.2, -0.15) is 0 Å². The Kier molecular flexibility index (Phi) is 3.70. The predicted octanol–water partition coefficient (Wildman–Crippen LogP) is 2.87. The van der Waals surface area contributed by atoms with Crippen LogP contribution in [0.4, 0.5) is 5.69 Å². The van der Waals surface area contributed by atoms with Crippen LogP contribution >= 0.6 is 0 Å². The van der Waals surface area contributed by atoms with Gasteiger partial charge in [0.1, 0.15) is 11.2 Å². The summed E-state index contributed by atoms with van der Waals surface area (Å²) in [4.78, 5) is 29.1. The Bertz CT molecular complexity index is 950. The van der Waals surface area contributed by atoms with E-state index in [1.54, 1.807) is 24.4 Å². The first-order valence-electron chi connectivity index (χ1n) is 7.33. The summed E-state index contributed by atoms with van der Waals surface area (Å²) in [6.45, 7) is 5.87. The quantitative estimate of drug-likeness (QED) is 0.792. The topological polar surface area (TPSA) is 63.5 Å². The van der Waals surface area contributed by atoms with Crippen LogP contribution in [-0.2, 0) is 0 Å². The second-order valence-electron chi connectivity index (χ2n) is 5.63. The molecule has 0 bridgehead atoms. The van der Waals surface area contributed by atoms with E-state index in [0.29, 0.717) is 5.65 Å². The molecule has 5 heteroatoms. The molecule has 0 radical (unpaired) electrons. The van der Waals surface area contributed by atoms with E-state index < -0.39 is 5.91 Å². The minimum Gasteiger partial charge on any atom is -0.321 e. The molecule has 0 aliphatic rings. The summed E-state index contributed by atoms with van der Waals surface area (Å²) in [6, 6.07) is 9.23. The number of pyridine rings is 1. The van der Waals surface area contributed by atoms with Gasteiger partial charge in [0.25, 0.3) is 11.5 Å². The van der Waals surface area contributed by atoms with Crippen LogP contribution in [0.15, 0.2) is 47.5 Å². The smallest absolute Gasteiger partial charge is 0.270 e. The molecule has 116 valence electrons. The average Bonchev–Trinajstić information content (AvgIpc) is 2.51. The molecule has 3 rings (SSSR count). The number of nitrogens with zero attached hydrogens (tertiary/aromatic N) is 2. The number of aryl methyl sites for hydroxylation is 3. The third-order valence-electron chi connectivity index (χ3n) is 3.77. The summed E-state index contributed by atoms with van der Waals surface area (Å²) >= 11 is 0. The zero-order chi connectivity index (χ0) is 16.6. The SMILES string of the molecule is Cc1cc(C)c(NC(=O)c2cnc3ccccn3c2=O)c(C)c1. The van der Waals surface area contributed by atoms with Crippen LogP contribution in [0.3, 0.4) is 0 Å². The van der Waals surface area contributed by atoms with Crippen LogP contribution in [0.2, 0.25) is 0 Å². The molecule has 0 saturated carbocycles. The average molecular weight is 307 g/mol. The molecule has 0 spiro atoms. The molecule has 0 unspecified atom stereocenters. The highest BCUT2D eigenvalue weighted by Gasteiger charge is 2.15. The molecular weight excluding hydrogens is 290 g/mol. The van der Waals surface area contributed by atoms with Gasteiger partial charge in [-0.25, -0.2) is 4.98 Å². The summed E-state index contributed by atoms with van der Waals surface area (Å²) in [5.41, 5.74) is 3.94. The van der Waals surface area contributed by atoms with Gasteiger partial charge in [-0.1, -0.05) is 23.8 Å². The standard InChI is InChI=1S/C18H17N3O2/c1-11-8-12(2)16(13(3)9-11)20-17(22)14-10-19-15-6-4-5-7-21(15)18(14)23/h4-10H,1-3H3,(H,20,22). The largest absolute Gasteiger partial charge is 0.321 e. The fourth-order valence-corrected chi connectivity index (χ4v) is 2.74. The fraction of sp³-hybridized carbons (Fsp3) is 0.167. The van der Waals surface area contributed by atoms with Gasteiger partial charge in [-0.15, -0.1) is 0 Å². The molecule has 23 heavy (non-hydrogen) atoms. The highest BCUT2D eigenvalue weighted by Crippen LogP contribution is 2.22. The van der Waals surface area contributed by atoms with Crippen molar-refractivity contribution in [1.82, 2.24) is 9.38 Å². The van der Waals surface area contributed by atoms with Crippen molar-refractivity contribution in [1.29, 1.82) is 0 Å². The monoisotopic (exact) mass is 307 g/mol. The van der Waals surface area contributed by atoms with E-state index in [9.17, 15) is 9.59 Å². The second-order valence-corrected chi connectivity index (χ2v) is 5.63. The van der Waals surface area contributed by atoms with Crippen molar-refractivity contribution >= 4 is 17.2 Å². The zero-order valence-electron chi connectivity index (χ0n) is 13.3. The maximum atomic E-state index is 12.5. The van der Waals surface area contributed by atoms with E-state index >= 15 is 0 Å². The van der Waals surface area contributed by atoms with Crippen molar-refractivity contribution in [2.45, 2.75) is 20.8 Å². The third-order valence-corrected chi connectivity index (χ3v) is 3.77. The number of amides is 1. The first-order chi connectivity index (χ1) is 11.0. The minimum atomic E-state index is -0.448. The van der Waals surface area contributed by atoms with Crippen LogP contribution in [0, 0.1) is 20.8 Å². The number of rotatable bonds is 2. The lowest BCUT2D eigenvalue weighted by molar-refractivity contribution is 0.102. The van der Waals surface area contributed by atoms with Gasteiger partial charge in [0.05, 0.1) is 0 Å². The van der Waals surface area contributed by atoms with Crippen molar-refractivity contribution < 1.29 is 4.79 Å². The molecule has 0 atom stereocenters. The Hall–Kier alpha value is -2.95. The van der Waals surface area contributed by atoms with Crippen LogP contribution in [0.5, 0.6) is 0 Å². The number of hydrogen-bond donors (Lipinski definition) is 1. The zero-order valence-corrected chi connectivity index (χ0v) is 13.3. The summed E-state index contributed by atoms with van der Waals surface area (Å²) in [7, 11) is 0. The van der Waals surface area contributed by atoms with Gasteiger partial charge in [0.15, 0.2) is 0 Å². The van der Waals surface area contributed by atoms with Gasteiger partial charge >= 0.3 is 0 Å². The second kappa shape index (κ2) is 5.68. The molecule has 1 aromatic carbocycles. The van der Waals surface area contributed by atoms with Crippen molar-refractivity contribution in [2.75, 3.05) is 5.32 Å². The van der Waals surface area contributed by atoms with Gasteiger partial charge < -0.3 is 5.32 Å². The molecule has 0 aliphatic carbocycles. The molecule has 0 aliphatic heterocycles. The Morgan fingerprint density at radius 3 is 2.52 bits per heavy atom. The summed E-state index contributed by atoms with van der Waals surface area (Å²) < 4.78 is 1.36. The Morgan fingerprint density at radius 1 is 1.13 bits per heavy atom. The summed E-state index contributed by atoms with van der Waals surface area (Å²) in [5.74, 6) is -0.448. The molecule has 5 nitrogen and oxygen atoms in total. The number of hydrogen-bond acceptors (Lipinski definition) is 3. The van der Waals surface area contributed by atoms with Crippen molar-refractivity contribution in [3.05, 3.63) is 75.3 Å². The van der Waals surface area contributed by atoms with Crippen LogP contribution in [0.25, 0.3) is 5.65 Å². The highest BCUT2D eigenvalue weighted by molar-refractivity contribution is 6.04. The summed E-state index contributed by atoms with van der Waals surface area (Å²) in [5, 5.41) is 2.84. The van der Waals surface area contributed by atoms with E-state index in [4.69, 9.17) is 0 Å². The molecule has 0 saturated heterocycles. The van der Waals surface area contributed by atoms with Gasteiger partial charge in [0.2, 0.25) is 0 Å². The highest BCUT2D eigenvalue weighted by atomic mass is 16.2. The predicted molar refractivity (Wildman–Crippen MR) is 90.1 cm³/mol. The molecular formula is C18H17N3O2. The van der Waals surface area contributed by atoms with Crippen molar-refractivity contribution in [3.63, 3.8) is 0 Å². The van der Waals surface area contributed by atoms with Crippen LogP contribution in [-0.4, -0.2) is 15.3 Å². The normalized spacial score (nSPS) is 10.7. The van der Waals surface area contributed by atoms with Crippen molar-refractivity contribution in [2.24, 2.45) is 0 Å². The van der Waals surface area contributed by atoms with E-state index in [1.165, 1.54) is 10.6 Å². The lowest BCUT2D eigenvalue weighted by atomic mass is 10.0. The molecule has 1 amide bonds. The number of anilines is 1. The lowest BCUT2D eigenvalue weighted by Crippen LogP contribution is -2.27. The maximum Gasteiger partial charge on any atom is 0.270 e. The number of carbonyl (C=O) groups excluding carboxylic acids is 1. The fourth-order valence-electron chi connectivity index (χ4n) is 2.74. The molecule has 0 fully saturated rings. The Labute approximate surface area is 133 Å². The van der Waals surface area contributed by atoms with Crippen LogP contribution < -0.4 is 10.9 Å². The molecule has 3 aromatic rings. The Balaban J connectivity index is 2.02. The molecule has 1 N–H and O–H groups in total. The number of fused-ring (bicyclic) bond motifs is 1. The van der Waals surface area contributed by atoms with Crippen molar-refractivity contribution in [3.8, 4) is 0 Å². The Morgan fingerprint density at radius 2 is 1.83 bits per heavy atom. The first-order valence-corrected chi connectivity index (χ1v) is 7.33. The maximum absolute atomic E-state index is 12.5. The number of aromatic nitrogens is 2. The number of carbonyl (C=O) groups is 1. The van der Waals surface area contributed by atoms with E-state index in [0.717, 1.165) is 22.4 Å². The van der Waals surface area contributed by atoms with E-state index in [2.05, 4.69) is 10.3 Å². The molecule has 2 heterocycles. The van der Waals surface area contributed by atoms with Crippen LogP contribution in [0.1, 0.15) is 27.0 Å². The number of benzene rings is 1. The van der Waals surface area contributed by atoms with E-state index in [1.807, 2.05) is 32.9 Å². The van der Waals surface area contributed by atoms with Gasteiger partial charge in [-0.3, -0.25) is 14.0 Å². The molecule has 2 aromatic heterocycles.